The smallest absolute Gasteiger partial charge is 0.148 e. The Labute approximate surface area is 395 Å². The molecule has 316 valence electrons. The largest absolute Gasteiger partial charge is 0.507 e. The van der Waals surface area contributed by atoms with Gasteiger partial charge in [0.1, 0.15) is 11.6 Å². The minimum absolute atomic E-state index is 0. The minimum Gasteiger partial charge on any atom is -0.507 e. The molecule has 2 aromatic heterocycles. The molecule has 0 fully saturated rings. The van der Waals surface area contributed by atoms with E-state index in [1.807, 2.05) is 83.6 Å². The van der Waals surface area contributed by atoms with E-state index in [9.17, 15) is 5.11 Å². The number of imidazole rings is 1. The van der Waals surface area contributed by atoms with Crippen molar-refractivity contribution in [3.63, 3.8) is 0 Å². The molecule has 63 heavy (non-hydrogen) atoms. The van der Waals surface area contributed by atoms with Crippen molar-refractivity contribution in [2.45, 2.75) is 66.1 Å². The molecule has 1 N–H and O–H groups in total. The first-order valence-electron chi connectivity index (χ1n) is 24.0. The van der Waals surface area contributed by atoms with Crippen LogP contribution in [0.3, 0.4) is 0 Å². The molecule has 7 aromatic carbocycles. The van der Waals surface area contributed by atoms with Crippen LogP contribution in [-0.4, -0.2) is 19.6 Å². The summed E-state index contributed by atoms with van der Waals surface area (Å²) in [6, 6.07) is 54.4. The van der Waals surface area contributed by atoms with Crippen LogP contribution in [0.25, 0.3) is 83.9 Å². The van der Waals surface area contributed by atoms with E-state index >= 15 is 0 Å². The fourth-order valence-electron chi connectivity index (χ4n) is 8.21. The maximum atomic E-state index is 12.5. The van der Waals surface area contributed by atoms with Crippen molar-refractivity contribution in [3.8, 4) is 78.6 Å². The van der Waals surface area contributed by atoms with Crippen LogP contribution >= 0.6 is 0 Å². The van der Waals surface area contributed by atoms with Crippen molar-refractivity contribution >= 4 is 11.0 Å². The number of phenolic OH excluding ortho intramolecular Hbond substituents is 1. The number of nitrogens with zero attached hydrogens (tertiary/aromatic N) is 3. The first-order chi connectivity index (χ1) is 32.2. The Morgan fingerprint density at radius 2 is 1.22 bits per heavy atom. The second-order valence-corrected chi connectivity index (χ2v) is 18.0. The number of benzene rings is 7. The van der Waals surface area contributed by atoms with Crippen molar-refractivity contribution in [1.29, 1.82) is 0 Å². The maximum Gasteiger partial charge on any atom is 0.148 e. The Balaban J connectivity index is 0.00000642. The zero-order valence-electron chi connectivity index (χ0n) is 42.2. The third-order valence-electron chi connectivity index (χ3n) is 11.6. The van der Waals surface area contributed by atoms with E-state index in [0.29, 0.717) is 33.7 Å². The normalized spacial score (nSPS) is 13.6. The number of hydrogen-bond acceptors (Lipinski definition) is 3. The molecule has 0 unspecified atom stereocenters. The number of pyridine rings is 1. The summed E-state index contributed by atoms with van der Waals surface area (Å²) in [6.45, 7) is 6.95. The maximum absolute atomic E-state index is 12.5. The molecule has 0 amide bonds. The molecular formula is C58H52N3OPt-. The van der Waals surface area contributed by atoms with Gasteiger partial charge >= 0.3 is 0 Å². The Morgan fingerprint density at radius 1 is 0.571 bits per heavy atom. The van der Waals surface area contributed by atoms with E-state index in [-0.39, 0.29) is 48.9 Å². The van der Waals surface area contributed by atoms with Crippen molar-refractivity contribution in [3.05, 3.63) is 192 Å². The second kappa shape index (κ2) is 17.1. The van der Waals surface area contributed by atoms with Crippen LogP contribution in [0.5, 0.6) is 5.75 Å². The fraction of sp³-hybridized carbons (Fsp3) is 0.172. The monoisotopic (exact) mass is 1010 g/mol. The first-order valence-corrected chi connectivity index (χ1v) is 21.0. The summed E-state index contributed by atoms with van der Waals surface area (Å²) in [6.07, 6.45) is 1.81. The van der Waals surface area contributed by atoms with Crippen LogP contribution in [0, 0.1) is 19.8 Å². The number of phenols is 1. The Kier molecular flexibility index (Phi) is 9.80. The molecule has 5 heteroatoms. The van der Waals surface area contributed by atoms with Crippen molar-refractivity contribution in [2.75, 3.05) is 0 Å². The summed E-state index contributed by atoms with van der Waals surface area (Å²) in [5, 5.41) is 12.5. The van der Waals surface area contributed by atoms with Gasteiger partial charge in [-0.3, -0.25) is 9.55 Å². The summed E-state index contributed by atoms with van der Waals surface area (Å²) < 4.78 is 54.3. The SMILES string of the molecule is [2H]C([2H])([2H])c1cc(-n2c(-c3cc(C(C)(C)C)cc(C(C)(C)C)c3O)nc3c(-c4[c-]c(-c5cc(-c6ccccc6)ccn5)cc(-c5ccccc5)c4)cccc32)cc(-c2ccccc2)c1C([2H])([2H])[2H].[Pt]. The van der Waals surface area contributed by atoms with Crippen LogP contribution in [0.2, 0.25) is 0 Å². The van der Waals surface area contributed by atoms with Crippen molar-refractivity contribution in [1.82, 2.24) is 14.5 Å². The summed E-state index contributed by atoms with van der Waals surface area (Å²) in [7, 11) is 0. The van der Waals surface area contributed by atoms with Crippen LogP contribution in [0.1, 0.15) is 72.0 Å². The molecule has 0 aliphatic rings. The quantitative estimate of drug-likeness (QED) is 0.162. The third kappa shape index (κ3) is 8.45. The van der Waals surface area contributed by atoms with Crippen LogP contribution in [0.15, 0.2) is 164 Å². The molecule has 0 aliphatic carbocycles. The number of aromatic nitrogens is 3. The number of rotatable bonds is 7. The van der Waals surface area contributed by atoms with Crippen LogP contribution in [-0.2, 0) is 31.9 Å². The van der Waals surface area contributed by atoms with Gasteiger partial charge in [0.25, 0.3) is 0 Å². The summed E-state index contributed by atoms with van der Waals surface area (Å²) in [5.41, 5.74) is 10.2. The molecule has 9 aromatic rings. The second-order valence-electron chi connectivity index (χ2n) is 18.0. The van der Waals surface area contributed by atoms with Crippen LogP contribution < -0.4 is 0 Å². The zero-order chi connectivity index (χ0) is 48.3. The average Bonchev–Trinajstić information content (AvgIpc) is 3.70. The molecule has 4 nitrogen and oxygen atoms in total. The van der Waals surface area contributed by atoms with E-state index in [1.165, 1.54) is 6.07 Å². The molecule has 9 rings (SSSR count). The van der Waals surface area contributed by atoms with Gasteiger partial charge in [0.05, 0.1) is 16.6 Å². The van der Waals surface area contributed by atoms with Crippen molar-refractivity contribution < 1.29 is 34.4 Å². The molecule has 0 atom stereocenters. The van der Waals surface area contributed by atoms with Gasteiger partial charge in [0.15, 0.2) is 0 Å². The molecule has 0 saturated heterocycles. The number of fused-ring (bicyclic) bond motifs is 1. The topological polar surface area (TPSA) is 50.9 Å². The van der Waals surface area contributed by atoms with Gasteiger partial charge in [-0.15, -0.1) is 23.8 Å². The molecule has 2 heterocycles. The van der Waals surface area contributed by atoms with Gasteiger partial charge < -0.3 is 5.11 Å². The Bertz CT molecular complexity index is 3330. The van der Waals surface area contributed by atoms with E-state index < -0.39 is 19.1 Å². The first kappa shape index (κ1) is 36.2. The summed E-state index contributed by atoms with van der Waals surface area (Å²) in [5.74, 6) is 0.404. The third-order valence-corrected chi connectivity index (χ3v) is 11.6. The van der Waals surface area contributed by atoms with E-state index in [4.69, 9.17) is 18.2 Å². The summed E-state index contributed by atoms with van der Waals surface area (Å²) >= 11 is 0. The molecule has 0 spiro atoms. The van der Waals surface area contributed by atoms with Crippen molar-refractivity contribution in [2.24, 2.45) is 0 Å². The van der Waals surface area contributed by atoms with E-state index in [2.05, 4.69) is 96.1 Å². The Morgan fingerprint density at radius 3 is 1.86 bits per heavy atom. The average molecular weight is 1010 g/mol. The summed E-state index contributed by atoms with van der Waals surface area (Å²) in [4.78, 5) is 10.3. The predicted molar refractivity (Wildman–Crippen MR) is 259 cm³/mol. The van der Waals surface area contributed by atoms with Gasteiger partial charge in [0.2, 0.25) is 0 Å². The Hall–Kier alpha value is -6.35. The van der Waals surface area contributed by atoms with Gasteiger partial charge in [-0.2, -0.15) is 0 Å². The molecule has 0 saturated carbocycles. The van der Waals surface area contributed by atoms with Gasteiger partial charge in [-0.1, -0.05) is 173 Å². The van der Waals surface area contributed by atoms with Gasteiger partial charge in [0, 0.05) is 52.4 Å². The predicted octanol–water partition coefficient (Wildman–Crippen LogP) is 15.1. The van der Waals surface area contributed by atoms with E-state index in [0.717, 1.165) is 55.8 Å². The number of aryl methyl sites for hydroxylation is 1. The molecule has 0 bridgehead atoms. The number of para-hydroxylation sites is 1. The standard InChI is InChI=1S/C58H52N3O.Pt/c1-37-29-47(36-49(38(37)2)41-23-16-11-17-24-41)61-53-26-18-25-48(54(53)60-56(61)50-34-46(57(3,4)5)35-51(55(50)62)58(6,7)8)44-30-43(40-21-14-10-15-22-40)31-45(32-44)52-33-42(27-28-59-52)39-19-12-9-13-20-39;/h9-31,33-36,62H,1-8H3;/q-1;/i1D3,2D3;. The molecule has 0 radical (unpaired) electrons. The molecule has 0 aliphatic heterocycles. The van der Waals surface area contributed by atoms with Crippen LogP contribution in [0.4, 0.5) is 0 Å². The van der Waals surface area contributed by atoms with Gasteiger partial charge in [-0.05, 0) is 99.4 Å². The molecular weight excluding hydrogens is 950 g/mol. The minimum atomic E-state index is -2.81. The van der Waals surface area contributed by atoms with Gasteiger partial charge in [-0.25, -0.2) is 4.98 Å². The van der Waals surface area contributed by atoms with E-state index in [1.54, 1.807) is 30.3 Å². The number of aromatic hydroxyl groups is 1. The zero-order valence-corrected chi connectivity index (χ0v) is 38.5. The number of hydrogen-bond donors (Lipinski definition) is 1. The fourth-order valence-corrected chi connectivity index (χ4v) is 8.21.